The van der Waals surface area contributed by atoms with Gasteiger partial charge in [0.15, 0.2) is 11.7 Å². The van der Waals surface area contributed by atoms with Gasteiger partial charge < -0.3 is 15.2 Å². The van der Waals surface area contributed by atoms with E-state index in [0.29, 0.717) is 12.6 Å². The average Bonchev–Trinajstić information content (AvgIpc) is 3.15. The Morgan fingerprint density at radius 1 is 1.22 bits per heavy atom. The molecule has 154 valence electrons. The second-order valence-corrected chi connectivity index (χ2v) is 7.60. The zero-order chi connectivity index (χ0) is 18.2. The Balaban J connectivity index is 0.00000261. The highest BCUT2D eigenvalue weighted by Gasteiger charge is 2.27. The first-order chi connectivity index (χ1) is 12.8. The average molecular weight is 489 g/mol. The van der Waals surface area contributed by atoms with Crippen LogP contribution in [0.3, 0.4) is 0 Å². The minimum absolute atomic E-state index is 0. The Kier molecular flexibility index (Phi) is 9.89. The maximum Gasteiger partial charge on any atom is 0.191 e. The number of hydrogen-bond acceptors (Lipinski definition) is 4. The Morgan fingerprint density at radius 3 is 2.74 bits per heavy atom. The van der Waals surface area contributed by atoms with Gasteiger partial charge in [0.1, 0.15) is 6.54 Å². The van der Waals surface area contributed by atoms with Crippen molar-refractivity contribution < 1.29 is 4.52 Å². The number of aryl methyl sites for hydroxylation is 1. The molecular formula is C20H36IN5O. The van der Waals surface area contributed by atoms with E-state index in [1.54, 1.807) is 0 Å². The SMILES string of the molecule is CCNC(=NCc1cc(CC)no1)NC1CCCN(C2CCCCC2)C1.I. The van der Waals surface area contributed by atoms with E-state index in [-0.39, 0.29) is 24.0 Å². The number of piperidine rings is 1. The van der Waals surface area contributed by atoms with Gasteiger partial charge in [-0.05, 0) is 45.6 Å². The first kappa shape index (κ1) is 22.5. The summed E-state index contributed by atoms with van der Waals surface area (Å²) in [5.41, 5.74) is 0.989. The number of nitrogens with one attached hydrogen (secondary N) is 2. The number of nitrogens with zero attached hydrogens (tertiary/aromatic N) is 3. The highest BCUT2D eigenvalue weighted by molar-refractivity contribution is 14.0. The summed E-state index contributed by atoms with van der Waals surface area (Å²) in [5.74, 6) is 1.71. The van der Waals surface area contributed by atoms with Gasteiger partial charge in [-0.25, -0.2) is 4.99 Å². The third-order valence-corrected chi connectivity index (χ3v) is 5.59. The highest BCUT2D eigenvalue weighted by atomic mass is 127. The molecule has 1 aromatic heterocycles. The van der Waals surface area contributed by atoms with E-state index < -0.39 is 0 Å². The van der Waals surface area contributed by atoms with E-state index in [2.05, 4.69) is 34.5 Å². The lowest BCUT2D eigenvalue weighted by Gasteiger charge is -2.40. The molecule has 1 aliphatic heterocycles. The van der Waals surface area contributed by atoms with Gasteiger partial charge in [-0.1, -0.05) is 31.3 Å². The van der Waals surface area contributed by atoms with Crippen molar-refractivity contribution in [3.05, 3.63) is 17.5 Å². The van der Waals surface area contributed by atoms with E-state index in [0.717, 1.165) is 43.0 Å². The molecule has 1 aliphatic carbocycles. The van der Waals surface area contributed by atoms with Crippen LogP contribution in [0.15, 0.2) is 15.6 Å². The number of hydrogen-bond donors (Lipinski definition) is 2. The molecule has 2 heterocycles. The quantitative estimate of drug-likeness (QED) is 0.363. The molecule has 1 saturated heterocycles. The summed E-state index contributed by atoms with van der Waals surface area (Å²) in [6.07, 6.45) is 10.4. The van der Waals surface area contributed by atoms with Gasteiger partial charge in [0, 0.05) is 31.2 Å². The van der Waals surface area contributed by atoms with Crippen molar-refractivity contribution in [3.63, 3.8) is 0 Å². The molecule has 2 N–H and O–H groups in total. The minimum atomic E-state index is 0. The molecule has 3 rings (SSSR count). The molecule has 0 aromatic carbocycles. The van der Waals surface area contributed by atoms with E-state index >= 15 is 0 Å². The lowest BCUT2D eigenvalue weighted by molar-refractivity contribution is 0.115. The molecule has 2 aliphatic rings. The van der Waals surface area contributed by atoms with Gasteiger partial charge in [-0.2, -0.15) is 0 Å². The molecule has 1 unspecified atom stereocenters. The van der Waals surface area contributed by atoms with Crippen molar-refractivity contribution in [2.75, 3.05) is 19.6 Å². The van der Waals surface area contributed by atoms with Gasteiger partial charge in [-0.3, -0.25) is 4.90 Å². The number of likely N-dealkylation sites (tertiary alicyclic amines) is 1. The molecule has 0 spiro atoms. The molecule has 0 bridgehead atoms. The maximum atomic E-state index is 5.35. The molecule has 1 saturated carbocycles. The number of halogens is 1. The summed E-state index contributed by atoms with van der Waals surface area (Å²) in [6.45, 7) is 7.97. The Labute approximate surface area is 180 Å². The van der Waals surface area contributed by atoms with E-state index in [9.17, 15) is 0 Å². The lowest BCUT2D eigenvalue weighted by atomic mass is 9.92. The summed E-state index contributed by atoms with van der Waals surface area (Å²) in [5, 5.41) is 11.1. The fourth-order valence-electron chi connectivity index (χ4n) is 4.17. The van der Waals surface area contributed by atoms with Crippen LogP contribution in [0.4, 0.5) is 0 Å². The molecule has 7 heteroatoms. The largest absolute Gasteiger partial charge is 0.359 e. The maximum absolute atomic E-state index is 5.35. The summed E-state index contributed by atoms with van der Waals surface area (Å²) >= 11 is 0. The van der Waals surface area contributed by atoms with E-state index in [4.69, 9.17) is 9.52 Å². The van der Waals surface area contributed by atoms with Crippen molar-refractivity contribution >= 4 is 29.9 Å². The monoisotopic (exact) mass is 489 g/mol. The van der Waals surface area contributed by atoms with Gasteiger partial charge in [0.2, 0.25) is 0 Å². The zero-order valence-corrected chi connectivity index (χ0v) is 19.2. The molecule has 27 heavy (non-hydrogen) atoms. The third-order valence-electron chi connectivity index (χ3n) is 5.59. The van der Waals surface area contributed by atoms with Crippen LogP contribution in [0.5, 0.6) is 0 Å². The van der Waals surface area contributed by atoms with Crippen molar-refractivity contribution in [1.29, 1.82) is 0 Å². The number of aliphatic imine (C=N–C) groups is 1. The van der Waals surface area contributed by atoms with E-state index in [1.807, 2.05) is 6.07 Å². The van der Waals surface area contributed by atoms with Crippen LogP contribution in [0.25, 0.3) is 0 Å². The third kappa shape index (κ3) is 6.93. The summed E-state index contributed by atoms with van der Waals surface area (Å²) < 4.78 is 5.35. The van der Waals surface area contributed by atoms with E-state index in [1.165, 1.54) is 51.5 Å². The topological polar surface area (TPSA) is 65.7 Å². The number of rotatable bonds is 6. The Morgan fingerprint density at radius 2 is 2.04 bits per heavy atom. The second kappa shape index (κ2) is 11.9. The van der Waals surface area contributed by atoms with Crippen LogP contribution in [-0.2, 0) is 13.0 Å². The van der Waals surface area contributed by atoms with Gasteiger partial charge in [-0.15, -0.1) is 24.0 Å². The Bertz CT molecular complexity index is 570. The smallest absolute Gasteiger partial charge is 0.191 e. The molecular weight excluding hydrogens is 453 g/mol. The van der Waals surface area contributed by atoms with Crippen LogP contribution >= 0.6 is 24.0 Å². The summed E-state index contributed by atoms with van der Waals surface area (Å²) in [6, 6.07) is 3.28. The number of aromatic nitrogens is 1. The fraction of sp³-hybridized carbons (Fsp3) is 0.800. The predicted molar refractivity (Wildman–Crippen MR) is 121 cm³/mol. The number of guanidine groups is 1. The van der Waals surface area contributed by atoms with Crippen molar-refractivity contribution in [2.45, 2.75) is 83.8 Å². The highest BCUT2D eigenvalue weighted by Crippen LogP contribution is 2.25. The first-order valence-electron chi connectivity index (χ1n) is 10.5. The fourth-order valence-corrected chi connectivity index (χ4v) is 4.17. The molecule has 1 aromatic rings. The normalized spacial score (nSPS) is 22.3. The van der Waals surface area contributed by atoms with Crippen molar-refractivity contribution in [2.24, 2.45) is 4.99 Å². The molecule has 1 atom stereocenters. The van der Waals surface area contributed by atoms with Gasteiger partial charge in [0.05, 0.1) is 5.69 Å². The Hall–Kier alpha value is -0.830. The van der Waals surface area contributed by atoms with Crippen LogP contribution in [-0.4, -0.2) is 47.7 Å². The first-order valence-corrected chi connectivity index (χ1v) is 10.5. The minimum Gasteiger partial charge on any atom is -0.359 e. The molecule has 2 fully saturated rings. The van der Waals surface area contributed by atoms with Crippen LogP contribution < -0.4 is 10.6 Å². The molecule has 0 radical (unpaired) electrons. The standard InChI is InChI=1S/C20H35N5O.HI/c1-3-16-13-19(26-24-16)14-22-20(21-4-2)23-17-9-8-12-25(15-17)18-10-6-5-7-11-18;/h13,17-18H,3-12,14-15H2,1-2H3,(H2,21,22,23);1H. The molecule has 0 amide bonds. The zero-order valence-electron chi connectivity index (χ0n) is 16.9. The summed E-state index contributed by atoms with van der Waals surface area (Å²) in [7, 11) is 0. The van der Waals surface area contributed by atoms with Crippen molar-refractivity contribution in [1.82, 2.24) is 20.7 Å². The summed E-state index contributed by atoms with van der Waals surface area (Å²) in [4.78, 5) is 7.42. The van der Waals surface area contributed by atoms with Gasteiger partial charge in [0.25, 0.3) is 0 Å². The molecule has 6 nitrogen and oxygen atoms in total. The predicted octanol–water partition coefficient (Wildman–Crippen LogP) is 3.71. The lowest BCUT2D eigenvalue weighted by Crippen LogP contribution is -2.53. The van der Waals surface area contributed by atoms with Crippen LogP contribution in [0.1, 0.15) is 70.2 Å². The van der Waals surface area contributed by atoms with Crippen LogP contribution in [0, 0.1) is 0 Å². The van der Waals surface area contributed by atoms with Crippen molar-refractivity contribution in [3.8, 4) is 0 Å². The van der Waals surface area contributed by atoms with Crippen LogP contribution in [0.2, 0.25) is 0 Å². The van der Waals surface area contributed by atoms with Gasteiger partial charge >= 0.3 is 0 Å². The second-order valence-electron chi connectivity index (χ2n) is 7.60.